The van der Waals surface area contributed by atoms with Crippen molar-refractivity contribution < 1.29 is 27.6 Å². The summed E-state index contributed by atoms with van der Waals surface area (Å²) in [4.78, 5) is 39.8. The maximum absolute atomic E-state index is 12.5. The predicted octanol–water partition coefficient (Wildman–Crippen LogP) is 1.26. The normalized spacial score (nSPS) is 19.9. The van der Waals surface area contributed by atoms with Crippen LogP contribution in [0.15, 0.2) is 0 Å². The second-order valence-corrected chi connectivity index (χ2v) is 6.52. The van der Waals surface area contributed by atoms with Crippen molar-refractivity contribution in [3.05, 3.63) is 0 Å². The van der Waals surface area contributed by atoms with Gasteiger partial charge in [0.15, 0.2) is 0 Å². The van der Waals surface area contributed by atoms with E-state index in [9.17, 15) is 27.6 Å². The molecule has 0 unspecified atom stereocenters. The predicted molar refractivity (Wildman–Crippen MR) is 83.4 cm³/mol. The van der Waals surface area contributed by atoms with E-state index in [-0.39, 0.29) is 43.7 Å². The molecule has 0 N–H and O–H groups in total. The number of hydrogen-bond donors (Lipinski definition) is 0. The van der Waals surface area contributed by atoms with Gasteiger partial charge < -0.3 is 14.7 Å². The smallest absolute Gasteiger partial charge is 0.339 e. The lowest BCUT2D eigenvalue weighted by atomic mass is 9.95. The molecule has 6 nitrogen and oxygen atoms in total. The van der Waals surface area contributed by atoms with Gasteiger partial charge in [0, 0.05) is 51.6 Å². The fourth-order valence-electron chi connectivity index (χ4n) is 3.32. The Kier molecular flexibility index (Phi) is 6.29. The molecule has 0 aromatic heterocycles. The van der Waals surface area contributed by atoms with Gasteiger partial charge in [0.25, 0.3) is 0 Å². The molecule has 0 aromatic carbocycles. The topological polar surface area (TPSA) is 60.9 Å². The highest BCUT2D eigenvalue weighted by Gasteiger charge is 2.44. The Morgan fingerprint density at radius 1 is 0.880 bits per heavy atom. The highest BCUT2D eigenvalue weighted by Crippen LogP contribution is 2.25. The van der Waals surface area contributed by atoms with Crippen LogP contribution in [0.25, 0.3) is 0 Å². The molecular weight excluding hydrogens is 339 g/mol. The lowest BCUT2D eigenvalue weighted by Crippen LogP contribution is -2.53. The van der Waals surface area contributed by atoms with E-state index in [2.05, 4.69) is 0 Å². The number of halogens is 3. The lowest BCUT2D eigenvalue weighted by molar-refractivity contribution is -0.187. The Balaban J connectivity index is 1.80. The van der Waals surface area contributed by atoms with E-state index in [4.69, 9.17) is 0 Å². The van der Waals surface area contributed by atoms with Gasteiger partial charge in [0.05, 0.1) is 0 Å². The molecule has 3 amide bonds. The van der Waals surface area contributed by atoms with Crippen LogP contribution in [0, 0.1) is 5.92 Å². The molecule has 2 rings (SSSR count). The van der Waals surface area contributed by atoms with Gasteiger partial charge in [0.1, 0.15) is 0 Å². The molecule has 0 aromatic rings. The van der Waals surface area contributed by atoms with Crippen molar-refractivity contribution in [3.63, 3.8) is 0 Å². The zero-order valence-corrected chi connectivity index (χ0v) is 14.3. The van der Waals surface area contributed by atoms with Gasteiger partial charge in [-0.05, 0) is 19.3 Å². The van der Waals surface area contributed by atoms with Crippen molar-refractivity contribution >= 4 is 17.7 Å². The second-order valence-electron chi connectivity index (χ2n) is 6.52. The second kappa shape index (κ2) is 8.05. The molecule has 25 heavy (non-hydrogen) atoms. The van der Waals surface area contributed by atoms with Gasteiger partial charge in [-0.2, -0.15) is 13.2 Å². The van der Waals surface area contributed by atoms with E-state index in [0.717, 1.165) is 11.3 Å². The summed E-state index contributed by atoms with van der Waals surface area (Å²) in [6.07, 6.45) is -3.09. The van der Waals surface area contributed by atoms with Crippen LogP contribution < -0.4 is 0 Å². The van der Waals surface area contributed by atoms with Crippen LogP contribution in [-0.2, 0) is 14.4 Å². The van der Waals surface area contributed by atoms with Crippen LogP contribution in [0.2, 0.25) is 0 Å². The van der Waals surface area contributed by atoms with Crippen LogP contribution >= 0.6 is 0 Å². The molecule has 2 fully saturated rings. The average Bonchev–Trinajstić information content (AvgIpc) is 2.60. The molecule has 0 spiro atoms. The van der Waals surface area contributed by atoms with Gasteiger partial charge in [-0.3, -0.25) is 14.4 Å². The number of rotatable bonds is 3. The van der Waals surface area contributed by atoms with E-state index < -0.39 is 12.1 Å². The number of carbonyl (C=O) groups is 3. The summed E-state index contributed by atoms with van der Waals surface area (Å²) in [5, 5.41) is 0. The van der Waals surface area contributed by atoms with Crippen LogP contribution in [0.5, 0.6) is 0 Å². The number of piperazine rings is 1. The fourth-order valence-corrected chi connectivity index (χ4v) is 3.32. The lowest BCUT2D eigenvalue weighted by Gasteiger charge is -2.38. The minimum Gasteiger partial charge on any atom is -0.339 e. The van der Waals surface area contributed by atoms with Crippen molar-refractivity contribution in [1.82, 2.24) is 14.7 Å². The summed E-state index contributed by atoms with van der Waals surface area (Å²) < 4.78 is 37.3. The van der Waals surface area contributed by atoms with E-state index in [1.54, 1.807) is 9.80 Å². The van der Waals surface area contributed by atoms with Crippen molar-refractivity contribution in [2.45, 2.75) is 38.8 Å². The third-order valence-corrected chi connectivity index (χ3v) is 4.78. The Morgan fingerprint density at radius 3 is 1.88 bits per heavy atom. The summed E-state index contributed by atoms with van der Waals surface area (Å²) in [5.74, 6) is -2.17. The molecule has 2 heterocycles. The Hall–Kier alpha value is -1.80. The molecule has 0 saturated carbocycles. The van der Waals surface area contributed by atoms with Crippen molar-refractivity contribution in [2.75, 3.05) is 39.3 Å². The quantitative estimate of drug-likeness (QED) is 0.758. The van der Waals surface area contributed by atoms with Crippen molar-refractivity contribution in [1.29, 1.82) is 0 Å². The molecule has 2 saturated heterocycles. The van der Waals surface area contributed by atoms with Gasteiger partial charge in [-0.1, -0.05) is 6.92 Å². The molecule has 0 aliphatic carbocycles. The van der Waals surface area contributed by atoms with Crippen molar-refractivity contribution in [3.8, 4) is 0 Å². The van der Waals surface area contributed by atoms with Crippen molar-refractivity contribution in [2.24, 2.45) is 5.92 Å². The fraction of sp³-hybridized carbons (Fsp3) is 0.812. The maximum atomic E-state index is 12.5. The SMILES string of the molecule is CCCC(=O)N1CCN(C(=O)C2CCN(C(=O)C(F)(F)F)CC2)CC1. The van der Waals surface area contributed by atoms with Gasteiger partial charge >= 0.3 is 12.1 Å². The molecule has 2 aliphatic heterocycles. The third kappa shape index (κ3) is 4.85. The molecule has 142 valence electrons. The minimum atomic E-state index is -4.86. The van der Waals surface area contributed by atoms with E-state index in [1.807, 2.05) is 6.92 Å². The molecule has 2 aliphatic rings. The van der Waals surface area contributed by atoms with Crippen LogP contribution in [0.4, 0.5) is 13.2 Å². The Bertz CT molecular complexity index is 508. The standard InChI is InChI=1S/C16H24F3N3O3/c1-2-3-13(23)20-8-10-21(11-9-20)14(24)12-4-6-22(7-5-12)15(25)16(17,18)19/h12H,2-11H2,1H3. The largest absolute Gasteiger partial charge is 0.471 e. The van der Waals surface area contributed by atoms with Crippen LogP contribution in [0.3, 0.4) is 0 Å². The Morgan fingerprint density at radius 2 is 1.40 bits per heavy atom. The number of nitrogens with zero attached hydrogens (tertiary/aromatic N) is 3. The summed E-state index contributed by atoms with van der Waals surface area (Å²) in [6.45, 7) is 3.74. The molecule has 0 atom stereocenters. The molecular formula is C16H24F3N3O3. The number of hydrogen-bond acceptors (Lipinski definition) is 3. The van der Waals surface area contributed by atoms with E-state index in [1.165, 1.54) is 0 Å². The average molecular weight is 363 g/mol. The first-order chi connectivity index (χ1) is 11.7. The molecule has 9 heteroatoms. The first-order valence-corrected chi connectivity index (χ1v) is 8.66. The third-order valence-electron chi connectivity index (χ3n) is 4.78. The number of likely N-dealkylation sites (tertiary alicyclic amines) is 1. The summed E-state index contributed by atoms with van der Waals surface area (Å²) >= 11 is 0. The molecule has 0 radical (unpaired) electrons. The maximum Gasteiger partial charge on any atom is 0.471 e. The summed E-state index contributed by atoms with van der Waals surface area (Å²) in [6, 6.07) is 0. The van der Waals surface area contributed by atoms with E-state index >= 15 is 0 Å². The van der Waals surface area contributed by atoms with Crippen LogP contribution in [-0.4, -0.2) is 77.9 Å². The number of carbonyl (C=O) groups excluding carboxylic acids is 3. The van der Waals surface area contributed by atoms with Gasteiger partial charge in [-0.25, -0.2) is 0 Å². The highest BCUT2D eigenvalue weighted by molar-refractivity contribution is 5.83. The summed E-state index contributed by atoms with van der Waals surface area (Å²) in [5.41, 5.74) is 0. The minimum absolute atomic E-state index is 0.0519. The van der Waals surface area contributed by atoms with E-state index in [0.29, 0.717) is 32.6 Å². The first kappa shape index (κ1) is 19.5. The first-order valence-electron chi connectivity index (χ1n) is 8.66. The summed E-state index contributed by atoms with van der Waals surface area (Å²) in [7, 11) is 0. The molecule has 0 bridgehead atoms. The Labute approximate surface area is 144 Å². The zero-order chi connectivity index (χ0) is 18.6. The highest BCUT2D eigenvalue weighted by atomic mass is 19.4. The van der Waals surface area contributed by atoms with Gasteiger partial charge in [-0.15, -0.1) is 0 Å². The number of piperidine rings is 1. The van der Waals surface area contributed by atoms with Crippen LogP contribution in [0.1, 0.15) is 32.6 Å². The number of amides is 3. The monoisotopic (exact) mass is 363 g/mol. The zero-order valence-electron chi connectivity index (χ0n) is 14.3. The number of alkyl halides is 3. The van der Waals surface area contributed by atoms with Gasteiger partial charge in [0.2, 0.25) is 11.8 Å².